The molecule has 2 rings (SSSR count). The molecule has 1 amide bonds. The molecule has 0 unspecified atom stereocenters. The van der Waals surface area contributed by atoms with Crippen molar-refractivity contribution in [2.75, 3.05) is 24.3 Å². The summed E-state index contributed by atoms with van der Waals surface area (Å²) in [6, 6.07) is 4.39. The van der Waals surface area contributed by atoms with E-state index in [4.69, 9.17) is 5.84 Å². The maximum Gasteiger partial charge on any atom is 0.256 e. The zero-order valence-electron chi connectivity index (χ0n) is 11.1. The minimum absolute atomic E-state index is 0.0253. The lowest BCUT2D eigenvalue weighted by Gasteiger charge is -2.37. The Labute approximate surface area is 116 Å². The second-order valence-corrected chi connectivity index (χ2v) is 6.94. The number of carbonyl (C=O) groups is 1. The van der Waals surface area contributed by atoms with Crippen molar-refractivity contribution in [3.8, 4) is 0 Å². The number of nitrogens with zero attached hydrogens (tertiary/aromatic N) is 1. The maximum atomic E-state index is 13.6. The zero-order chi connectivity index (χ0) is 14.0. The van der Waals surface area contributed by atoms with Gasteiger partial charge >= 0.3 is 0 Å². The number of carbonyl (C=O) groups excluding carboxylic acids is 1. The molecule has 0 spiro atoms. The molecule has 19 heavy (non-hydrogen) atoms. The van der Waals surface area contributed by atoms with Crippen molar-refractivity contribution < 1.29 is 9.18 Å². The Balaban J connectivity index is 2.27. The van der Waals surface area contributed by atoms with Gasteiger partial charge in [-0.05, 0) is 26.0 Å². The van der Waals surface area contributed by atoms with Gasteiger partial charge in [0.25, 0.3) is 5.91 Å². The van der Waals surface area contributed by atoms with Crippen molar-refractivity contribution in [3.63, 3.8) is 0 Å². The minimum Gasteiger partial charge on any atom is -0.336 e. The molecule has 1 aromatic carbocycles. The van der Waals surface area contributed by atoms with Crippen LogP contribution in [-0.4, -0.2) is 34.4 Å². The number of nitrogens with one attached hydrogen (secondary N) is 1. The van der Waals surface area contributed by atoms with Gasteiger partial charge in [-0.15, -0.1) is 0 Å². The van der Waals surface area contributed by atoms with Gasteiger partial charge in [0.1, 0.15) is 5.82 Å². The first kappa shape index (κ1) is 14.1. The van der Waals surface area contributed by atoms with Gasteiger partial charge in [0.05, 0.1) is 11.3 Å². The number of halogens is 1. The van der Waals surface area contributed by atoms with Crippen LogP contribution < -0.4 is 11.3 Å². The summed E-state index contributed by atoms with van der Waals surface area (Å²) in [6.45, 7) is 5.53. The summed E-state index contributed by atoms with van der Waals surface area (Å²) in [5.74, 6) is 5.50. The molecule has 104 valence electrons. The summed E-state index contributed by atoms with van der Waals surface area (Å²) in [7, 11) is 0. The van der Waals surface area contributed by atoms with E-state index in [1.165, 1.54) is 12.1 Å². The van der Waals surface area contributed by atoms with Crippen molar-refractivity contribution in [2.24, 2.45) is 5.84 Å². The molecular weight excluding hydrogens is 265 g/mol. The summed E-state index contributed by atoms with van der Waals surface area (Å²) >= 11 is 1.84. The fourth-order valence-electron chi connectivity index (χ4n) is 2.21. The Bertz CT molecular complexity index is 493. The van der Waals surface area contributed by atoms with Gasteiger partial charge in [-0.25, -0.2) is 4.39 Å². The molecule has 0 aliphatic carbocycles. The Hall–Kier alpha value is -1.27. The first-order chi connectivity index (χ1) is 8.94. The fraction of sp³-hybridized carbons (Fsp3) is 0.462. The lowest BCUT2D eigenvalue weighted by Crippen LogP contribution is -2.46. The topological polar surface area (TPSA) is 58.4 Å². The summed E-state index contributed by atoms with van der Waals surface area (Å²) < 4.78 is 13.6. The van der Waals surface area contributed by atoms with Crippen molar-refractivity contribution >= 4 is 23.4 Å². The average molecular weight is 283 g/mol. The van der Waals surface area contributed by atoms with Crippen LogP contribution in [0.3, 0.4) is 0 Å². The van der Waals surface area contributed by atoms with Crippen LogP contribution in [0, 0.1) is 5.82 Å². The van der Waals surface area contributed by atoms with Crippen LogP contribution in [-0.2, 0) is 0 Å². The molecule has 4 nitrogen and oxygen atoms in total. The molecule has 0 saturated carbocycles. The summed E-state index contributed by atoms with van der Waals surface area (Å²) in [6.07, 6.45) is 0. The van der Waals surface area contributed by atoms with Crippen LogP contribution in [0.2, 0.25) is 0 Å². The van der Waals surface area contributed by atoms with Gasteiger partial charge < -0.3 is 10.3 Å². The number of rotatable bonds is 2. The Morgan fingerprint density at radius 3 is 2.89 bits per heavy atom. The van der Waals surface area contributed by atoms with E-state index >= 15 is 0 Å². The zero-order valence-corrected chi connectivity index (χ0v) is 11.9. The number of nitrogens with two attached hydrogens (primary N) is 1. The van der Waals surface area contributed by atoms with E-state index in [1.807, 2.05) is 11.8 Å². The van der Waals surface area contributed by atoms with E-state index in [1.54, 1.807) is 11.0 Å². The summed E-state index contributed by atoms with van der Waals surface area (Å²) in [5, 5.41) is 0. The molecule has 1 aromatic rings. The molecule has 1 heterocycles. The van der Waals surface area contributed by atoms with Crippen LogP contribution >= 0.6 is 11.8 Å². The highest BCUT2D eigenvalue weighted by atomic mass is 32.2. The molecule has 1 aliphatic heterocycles. The van der Waals surface area contributed by atoms with Crippen molar-refractivity contribution in [1.82, 2.24) is 4.90 Å². The third-order valence-corrected chi connectivity index (χ3v) is 4.40. The molecule has 0 aromatic heterocycles. The van der Waals surface area contributed by atoms with Gasteiger partial charge in [-0.2, -0.15) is 11.8 Å². The van der Waals surface area contributed by atoms with Crippen molar-refractivity contribution in [2.45, 2.75) is 18.6 Å². The number of para-hydroxylation sites is 1. The molecule has 0 atom stereocenters. The fourth-order valence-corrected chi connectivity index (χ4v) is 3.32. The largest absolute Gasteiger partial charge is 0.336 e. The number of hydrogen-bond donors (Lipinski definition) is 2. The van der Waals surface area contributed by atoms with Gasteiger partial charge in [0.15, 0.2) is 0 Å². The lowest BCUT2D eigenvalue weighted by molar-refractivity contribution is 0.0748. The maximum absolute atomic E-state index is 13.6. The van der Waals surface area contributed by atoms with Crippen LogP contribution in [0.5, 0.6) is 0 Å². The molecule has 6 heteroatoms. The molecule has 0 radical (unpaired) electrons. The number of hydrogen-bond acceptors (Lipinski definition) is 4. The molecule has 0 bridgehead atoms. The number of benzene rings is 1. The van der Waals surface area contributed by atoms with Crippen LogP contribution in [0.15, 0.2) is 18.2 Å². The van der Waals surface area contributed by atoms with Gasteiger partial charge in [0.2, 0.25) is 0 Å². The second kappa shape index (κ2) is 5.38. The Morgan fingerprint density at radius 1 is 1.53 bits per heavy atom. The standard InChI is InChI=1S/C13H18FN3OS/c1-13(2)8-17(6-7-19-13)12(18)9-4-3-5-10(14)11(9)16-15/h3-5,16H,6-8,15H2,1-2H3. The Morgan fingerprint density at radius 2 is 2.26 bits per heavy atom. The third kappa shape index (κ3) is 3.01. The molecule has 3 N–H and O–H groups in total. The highest BCUT2D eigenvalue weighted by molar-refractivity contribution is 8.00. The molecule has 1 saturated heterocycles. The number of anilines is 1. The summed E-state index contributed by atoms with van der Waals surface area (Å²) in [5.41, 5.74) is 2.62. The van der Waals surface area contributed by atoms with E-state index in [0.717, 1.165) is 5.75 Å². The Kier molecular flexibility index (Phi) is 4.01. The number of hydrazine groups is 1. The van der Waals surface area contributed by atoms with Crippen LogP contribution in [0.1, 0.15) is 24.2 Å². The SMILES string of the molecule is CC1(C)CN(C(=O)c2cccc(F)c2NN)CCS1. The van der Waals surface area contributed by atoms with Crippen molar-refractivity contribution in [1.29, 1.82) is 0 Å². The van der Waals surface area contributed by atoms with Crippen molar-refractivity contribution in [3.05, 3.63) is 29.6 Å². The van der Waals surface area contributed by atoms with Crippen LogP contribution in [0.25, 0.3) is 0 Å². The van der Waals surface area contributed by atoms with E-state index in [-0.39, 0.29) is 21.9 Å². The number of amides is 1. The highest BCUT2D eigenvalue weighted by Crippen LogP contribution is 2.31. The second-order valence-electron chi connectivity index (χ2n) is 5.14. The predicted octanol–water partition coefficient (Wildman–Crippen LogP) is 2.08. The first-order valence-electron chi connectivity index (χ1n) is 6.13. The molecular formula is C13H18FN3OS. The van der Waals surface area contributed by atoms with Gasteiger partial charge in [-0.3, -0.25) is 10.6 Å². The van der Waals surface area contributed by atoms with E-state index in [9.17, 15) is 9.18 Å². The normalized spacial score (nSPS) is 18.2. The predicted molar refractivity (Wildman–Crippen MR) is 76.7 cm³/mol. The highest BCUT2D eigenvalue weighted by Gasteiger charge is 2.31. The molecule has 1 fully saturated rings. The third-order valence-electron chi connectivity index (χ3n) is 3.10. The van der Waals surface area contributed by atoms with Gasteiger partial charge in [0, 0.05) is 23.6 Å². The van der Waals surface area contributed by atoms with E-state index in [2.05, 4.69) is 19.3 Å². The summed E-state index contributed by atoms with van der Waals surface area (Å²) in [4.78, 5) is 14.2. The van der Waals surface area contributed by atoms with E-state index < -0.39 is 5.82 Å². The quantitative estimate of drug-likeness (QED) is 0.644. The van der Waals surface area contributed by atoms with E-state index in [0.29, 0.717) is 13.1 Å². The molecule has 1 aliphatic rings. The monoisotopic (exact) mass is 283 g/mol. The minimum atomic E-state index is -0.515. The number of nitrogen functional groups attached to an aromatic ring is 1. The lowest BCUT2D eigenvalue weighted by atomic mass is 10.1. The van der Waals surface area contributed by atoms with Crippen LogP contribution in [0.4, 0.5) is 10.1 Å². The smallest absolute Gasteiger partial charge is 0.256 e. The number of thioether (sulfide) groups is 1. The van der Waals surface area contributed by atoms with Gasteiger partial charge in [-0.1, -0.05) is 6.07 Å². The first-order valence-corrected chi connectivity index (χ1v) is 7.11. The average Bonchev–Trinajstić information content (AvgIpc) is 2.36.